The Kier molecular flexibility index (Phi) is 8.92. The van der Waals surface area contributed by atoms with Crippen molar-refractivity contribution in [2.45, 2.75) is 37.2 Å². The molecular weight excluding hydrogens is 513 g/mol. The van der Waals surface area contributed by atoms with E-state index in [1.165, 1.54) is 30.2 Å². The zero-order valence-electron chi connectivity index (χ0n) is 17.3. The molecule has 3 rings (SSSR count). The summed E-state index contributed by atoms with van der Waals surface area (Å²) in [6.07, 6.45) is 2.50. The van der Waals surface area contributed by atoms with Crippen molar-refractivity contribution in [3.63, 3.8) is 0 Å². The molecule has 0 radical (unpaired) electrons. The molecule has 1 aliphatic rings. The van der Waals surface area contributed by atoms with Crippen molar-refractivity contribution >= 4 is 45.6 Å². The van der Waals surface area contributed by atoms with Gasteiger partial charge in [0.1, 0.15) is 0 Å². The fourth-order valence-corrected chi connectivity index (χ4v) is 4.05. The van der Waals surface area contributed by atoms with Crippen LogP contribution in [-0.2, 0) is 16.6 Å². The number of benzene rings is 2. The second-order valence-electron chi connectivity index (χ2n) is 7.27. The van der Waals surface area contributed by atoms with Crippen LogP contribution in [0.25, 0.3) is 0 Å². The van der Waals surface area contributed by atoms with Crippen molar-refractivity contribution in [1.29, 1.82) is 0 Å². The number of hydrogen-bond donors (Lipinski definition) is 3. The number of sulfonamides is 1. The van der Waals surface area contributed by atoms with Gasteiger partial charge in [0.05, 0.1) is 10.9 Å². The standard InChI is InChI=1S/C21H29N5O2S.HI/c1-16(18-8-6-9-19(14-18)26-11-3-4-12-26)25-21(23-2)24-15-17-7-5-10-20(13-17)29(22,27)28;/h5-10,13-14,16H,3-4,11-12,15H2,1-2H3,(H2,22,27,28)(H2,23,24,25);1H. The molecule has 9 heteroatoms. The van der Waals surface area contributed by atoms with Crippen LogP contribution in [0.4, 0.5) is 5.69 Å². The first-order valence-corrected chi connectivity index (χ1v) is 11.4. The zero-order chi connectivity index (χ0) is 20.9. The Morgan fingerprint density at radius 2 is 1.87 bits per heavy atom. The summed E-state index contributed by atoms with van der Waals surface area (Å²) in [4.78, 5) is 6.80. The lowest BCUT2D eigenvalue weighted by molar-refractivity contribution is 0.597. The van der Waals surface area contributed by atoms with Gasteiger partial charge in [0, 0.05) is 32.4 Å². The van der Waals surface area contributed by atoms with E-state index in [0.717, 1.165) is 18.7 Å². The van der Waals surface area contributed by atoms with Crippen LogP contribution >= 0.6 is 24.0 Å². The molecule has 0 bridgehead atoms. The number of guanidine groups is 1. The minimum atomic E-state index is -3.71. The zero-order valence-corrected chi connectivity index (χ0v) is 20.5. The van der Waals surface area contributed by atoms with Gasteiger partial charge >= 0.3 is 0 Å². The third kappa shape index (κ3) is 6.58. The average molecular weight is 543 g/mol. The number of halogens is 1. The smallest absolute Gasteiger partial charge is 0.238 e. The maximum absolute atomic E-state index is 11.5. The highest BCUT2D eigenvalue weighted by Gasteiger charge is 2.15. The van der Waals surface area contributed by atoms with Gasteiger partial charge in [-0.2, -0.15) is 0 Å². The van der Waals surface area contributed by atoms with Crippen molar-refractivity contribution in [1.82, 2.24) is 10.6 Å². The maximum atomic E-state index is 11.5. The van der Waals surface area contributed by atoms with Crippen molar-refractivity contribution in [3.05, 3.63) is 59.7 Å². The molecule has 30 heavy (non-hydrogen) atoms. The summed E-state index contributed by atoms with van der Waals surface area (Å²) >= 11 is 0. The van der Waals surface area contributed by atoms with Gasteiger partial charge in [0.15, 0.2) is 5.96 Å². The highest BCUT2D eigenvalue weighted by atomic mass is 127. The van der Waals surface area contributed by atoms with E-state index >= 15 is 0 Å². The summed E-state index contributed by atoms with van der Waals surface area (Å²) in [6.45, 7) is 4.76. The van der Waals surface area contributed by atoms with Crippen LogP contribution in [-0.4, -0.2) is 34.5 Å². The minimum Gasteiger partial charge on any atom is -0.372 e. The predicted molar refractivity (Wildman–Crippen MR) is 133 cm³/mol. The molecule has 7 nitrogen and oxygen atoms in total. The highest BCUT2D eigenvalue weighted by Crippen LogP contribution is 2.24. The van der Waals surface area contributed by atoms with Crippen LogP contribution in [0.15, 0.2) is 58.4 Å². The van der Waals surface area contributed by atoms with Crippen molar-refractivity contribution in [2.75, 3.05) is 25.0 Å². The van der Waals surface area contributed by atoms with Gasteiger partial charge in [-0.15, -0.1) is 24.0 Å². The van der Waals surface area contributed by atoms with E-state index in [4.69, 9.17) is 5.14 Å². The first-order chi connectivity index (χ1) is 13.9. The summed E-state index contributed by atoms with van der Waals surface area (Å²) in [5.41, 5.74) is 3.26. The Labute approximate surface area is 196 Å². The molecule has 0 amide bonds. The second-order valence-corrected chi connectivity index (χ2v) is 8.83. The molecule has 2 aromatic rings. The van der Waals surface area contributed by atoms with E-state index in [1.807, 2.05) is 6.07 Å². The first-order valence-electron chi connectivity index (χ1n) is 9.80. The normalized spacial score (nSPS) is 15.4. The van der Waals surface area contributed by atoms with Gasteiger partial charge in [0.2, 0.25) is 10.0 Å². The van der Waals surface area contributed by atoms with Gasteiger partial charge in [-0.1, -0.05) is 24.3 Å². The van der Waals surface area contributed by atoms with Crippen LogP contribution in [0.1, 0.15) is 36.9 Å². The number of nitrogens with zero attached hydrogens (tertiary/aromatic N) is 2. The molecule has 164 valence electrons. The van der Waals surface area contributed by atoms with Crippen LogP contribution in [0.5, 0.6) is 0 Å². The van der Waals surface area contributed by atoms with Gasteiger partial charge in [-0.05, 0) is 55.2 Å². The van der Waals surface area contributed by atoms with Crippen LogP contribution in [0.2, 0.25) is 0 Å². The van der Waals surface area contributed by atoms with Gasteiger partial charge in [-0.3, -0.25) is 4.99 Å². The fourth-order valence-electron chi connectivity index (χ4n) is 3.47. The highest BCUT2D eigenvalue weighted by molar-refractivity contribution is 14.0. The van der Waals surface area contributed by atoms with E-state index in [0.29, 0.717) is 12.5 Å². The van der Waals surface area contributed by atoms with Crippen LogP contribution in [0.3, 0.4) is 0 Å². The molecule has 1 fully saturated rings. The number of nitrogens with two attached hydrogens (primary N) is 1. The molecule has 0 saturated carbocycles. The summed E-state index contributed by atoms with van der Waals surface area (Å²) in [7, 11) is -2.00. The molecule has 0 aliphatic carbocycles. The van der Waals surface area contributed by atoms with Gasteiger partial charge < -0.3 is 15.5 Å². The average Bonchev–Trinajstić information content (AvgIpc) is 3.25. The maximum Gasteiger partial charge on any atom is 0.238 e. The summed E-state index contributed by atoms with van der Waals surface area (Å²) in [5, 5.41) is 11.8. The molecular formula is C21H30IN5O2S. The largest absolute Gasteiger partial charge is 0.372 e. The second kappa shape index (κ2) is 11.0. The Morgan fingerprint density at radius 1 is 1.17 bits per heavy atom. The Balaban J connectivity index is 0.00000320. The summed E-state index contributed by atoms with van der Waals surface area (Å²) < 4.78 is 23.0. The molecule has 4 N–H and O–H groups in total. The third-order valence-electron chi connectivity index (χ3n) is 5.11. The number of nitrogens with one attached hydrogen (secondary N) is 2. The van der Waals surface area contributed by atoms with E-state index < -0.39 is 10.0 Å². The number of hydrogen-bond acceptors (Lipinski definition) is 4. The number of aliphatic imine (C=N–C) groups is 1. The lowest BCUT2D eigenvalue weighted by atomic mass is 10.1. The van der Waals surface area contributed by atoms with Crippen molar-refractivity contribution in [3.8, 4) is 0 Å². The van der Waals surface area contributed by atoms with Crippen LogP contribution in [0, 0.1) is 0 Å². The molecule has 0 aromatic heterocycles. The lowest BCUT2D eigenvalue weighted by Crippen LogP contribution is -2.38. The van der Waals surface area contributed by atoms with Crippen molar-refractivity contribution in [2.24, 2.45) is 10.1 Å². The number of rotatable bonds is 6. The molecule has 2 aromatic carbocycles. The quantitative estimate of drug-likeness (QED) is 0.296. The van der Waals surface area contributed by atoms with E-state index in [2.05, 4.69) is 51.7 Å². The fraction of sp³-hybridized carbons (Fsp3) is 0.381. The van der Waals surface area contributed by atoms with Crippen LogP contribution < -0.4 is 20.7 Å². The molecule has 1 aliphatic heterocycles. The first kappa shape index (κ1) is 24.4. The SMILES string of the molecule is CN=C(NCc1cccc(S(N)(=O)=O)c1)NC(C)c1cccc(N2CCCC2)c1.I. The lowest BCUT2D eigenvalue weighted by Gasteiger charge is -2.22. The van der Waals surface area contributed by atoms with Crippen molar-refractivity contribution < 1.29 is 8.42 Å². The number of primary sulfonamides is 1. The van der Waals surface area contributed by atoms with Gasteiger partial charge in [0.25, 0.3) is 0 Å². The Hall–Kier alpha value is -1.85. The molecule has 1 saturated heterocycles. The minimum absolute atomic E-state index is 0. The Bertz CT molecular complexity index is 975. The third-order valence-corrected chi connectivity index (χ3v) is 6.02. The summed E-state index contributed by atoms with van der Waals surface area (Å²) in [6, 6.07) is 15.2. The molecule has 1 unspecified atom stereocenters. The molecule has 1 atom stereocenters. The Morgan fingerprint density at radius 3 is 2.53 bits per heavy atom. The monoisotopic (exact) mass is 543 g/mol. The number of anilines is 1. The molecule has 0 spiro atoms. The van der Waals surface area contributed by atoms with E-state index in [-0.39, 0.29) is 34.9 Å². The van der Waals surface area contributed by atoms with Gasteiger partial charge in [-0.25, -0.2) is 13.6 Å². The molecule has 1 heterocycles. The summed E-state index contributed by atoms with van der Waals surface area (Å²) in [5.74, 6) is 0.644. The van der Waals surface area contributed by atoms with E-state index in [9.17, 15) is 8.42 Å². The topological polar surface area (TPSA) is 99.8 Å². The van der Waals surface area contributed by atoms with E-state index in [1.54, 1.807) is 19.2 Å². The predicted octanol–water partition coefficient (Wildman–Crippen LogP) is 2.98.